The van der Waals surface area contributed by atoms with Gasteiger partial charge in [-0.05, 0) is 18.4 Å². The highest BCUT2D eigenvalue weighted by atomic mass is 16.4. The molecular weight excluding hydrogens is 224 g/mol. The maximum absolute atomic E-state index is 12.1. The first-order chi connectivity index (χ1) is 8.00. The molecule has 1 aliphatic carbocycles. The first-order valence-electron chi connectivity index (χ1n) is 5.09. The first kappa shape index (κ1) is 11.3. The van der Waals surface area contributed by atoms with E-state index in [-0.39, 0.29) is 18.4 Å². The van der Waals surface area contributed by atoms with Crippen LogP contribution in [0.2, 0.25) is 0 Å². The minimum Gasteiger partial charge on any atom is -0.480 e. The van der Waals surface area contributed by atoms with Crippen LogP contribution >= 0.6 is 0 Å². The van der Waals surface area contributed by atoms with Gasteiger partial charge in [-0.1, -0.05) is 24.3 Å². The second kappa shape index (κ2) is 3.69. The topological polar surface area (TPSA) is 91.7 Å². The number of rotatable bonds is 2. The van der Waals surface area contributed by atoms with Crippen molar-refractivity contribution in [1.29, 1.82) is 0 Å². The van der Waals surface area contributed by atoms with Gasteiger partial charge in [0.15, 0.2) is 5.78 Å². The summed E-state index contributed by atoms with van der Waals surface area (Å²) in [4.78, 5) is 34.3. The van der Waals surface area contributed by atoms with Crippen LogP contribution in [-0.4, -0.2) is 27.9 Å². The Hall–Kier alpha value is -2.17. The third-order valence-corrected chi connectivity index (χ3v) is 3.15. The zero-order valence-corrected chi connectivity index (χ0v) is 8.84. The van der Waals surface area contributed by atoms with Crippen molar-refractivity contribution in [1.82, 2.24) is 0 Å². The van der Waals surface area contributed by atoms with E-state index in [0.717, 1.165) is 0 Å². The molecule has 0 saturated carbocycles. The summed E-state index contributed by atoms with van der Waals surface area (Å²) >= 11 is 0. The van der Waals surface area contributed by atoms with Crippen molar-refractivity contribution in [3.05, 3.63) is 35.4 Å². The summed E-state index contributed by atoms with van der Waals surface area (Å²) in [5.74, 6) is -4.02. The summed E-state index contributed by atoms with van der Waals surface area (Å²) in [5, 5.41) is 18.1. The van der Waals surface area contributed by atoms with Gasteiger partial charge < -0.3 is 10.2 Å². The number of benzene rings is 1. The molecular formula is C12H10O5. The Kier molecular flexibility index (Phi) is 2.46. The molecule has 0 saturated heterocycles. The van der Waals surface area contributed by atoms with Crippen molar-refractivity contribution < 1.29 is 24.6 Å². The molecule has 1 aromatic carbocycles. The number of Topliss-reactive ketones (excluding diaryl/α,β-unsaturated/α-hetero) is 1. The molecule has 0 aliphatic heterocycles. The maximum Gasteiger partial charge on any atom is 0.329 e. The SMILES string of the molecule is O=C(O)C1(C(=O)O)CCc2ccccc2C1=O. The summed E-state index contributed by atoms with van der Waals surface area (Å²) in [6, 6.07) is 6.51. The Morgan fingerprint density at radius 2 is 1.71 bits per heavy atom. The highest BCUT2D eigenvalue weighted by Crippen LogP contribution is 2.36. The number of ketones is 1. The van der Waals surface area contributed by atoms with Crippen LogP contribution in [0.15, 0.2) is 24.3 Å². The smallest absolute Gasteiger partial charge is 0.329 e. The molecule has 17 heavy (non-hydrogen) atoms. The lowest BCUT2D eigenvalue weighted by atomic mass is 9.70. The van der Waals surface area contributed by atoms with Crippen LogP contribution in [-0.2, 0) is 16.0 Å². The van der Waals surface area contributed by atoms with Crippen molar-refractivity contribution in [3.8, 4) is 0 Å². The summed E-state index contributed by atoms with van der Waals surface area (Å²) in [5.41, 5.74) is -1.42. The van der Waals surface area contributed by atoms with E-state index in [1.165, 1.54) is 6.07 Å². The van der Waals surface area contributed by atoms with Crippen LogP contribution in [0.1, 0.15) is 22.3 Å². The number of hydrogen-bond donors (Lipinski definition) is 2. The van der Waals surface area contributed by atoms with E-state index in [9.17, 15) is 14.4 Å². The normalized spacial score (nSPS) is 17.3. The average molecular weight is 234 g/mol. The minimum absolute atomic E-state index is 0.198. The van der Waals surface area contributed by atoms with Crippen molar-refractivity contribution in [2.75, 3.05) is 0 Å². The Morgan fingerprint density at radius 1 is 1.12 bits per heavy atom. The van der Waals surface area contributed by atoms with Gasteiger partial charge in [0, 0.05) is 5.56 Å². The van der Waals surface area contributed by atoms with Gasteiger partial charge >= 0.3 is 11.9 Å². The number of fused-ring (bicyclic) bond motifs is 1. The number of aliphatic carboxylic acids is 2. The average Bonchev–Trinajstić information content (AvgIpc) is 2.29. The largest absolute Gasteiger partial charge is 0.480 e. The quantitative estimate of drug-likeness (QED) is 0.744. The highest BCUT2D eigenvalue weighted by Gasteiger charge is 2.55. The van der Waals surface area contributed by atoms with Gasteiger partial charge in [-0.2, -0.15) is 0 Å². The molecule has 0 heterocycles. The molecule has 0 radical (unpaired) electrons. The van der Waals surface area contributed by atoms with Crippen molar-refractivity contribution in [2.45, 2.75) is 12.8 Å². The van der Waals surface area contributed by atoms with Gasteiger partial charge in [0.2, 0.25) is 5.41 Å². The third kappa shape index (κ3) is 1.43. The van der Waals surface area contributed by atoms with Crippen LogP contribution in [0.4, 0.5) is 0 Å². The van der Waals surface area contributed by atoms with Gasteiger partial charge in [-0.3, -0.25) is 14.4 Å². The third-order valence-electron chi connectivity index (χ3n) is 3.15. The van der Waals surface area contributed by atoms with Gasteiger partial charge in [0.25, 0.3) is 0 Å². The zero-order valence-electron chi connectivity index (χ0n) is 8.84. The standard InChI is InChI=1S/C12H10O5/c13-9-8-4-2-1-3-7(8)5-6-12(9,10(14)15)11(16)17/h1-4H,5-6H2,(H,14,15)(H,16,17). The molecule has 0 fully saturated rings. The lowest BCUT2D eigenvalue weighted by Gasteiger charge is -2.28. The second-order valence-electron chi connectivity index (χ2n) is 4.00. The molecule has 5 heteroatoms. The molecule has 0 aromatic heterocycles. The molecule has 0 atom stereocenters. The summed E-state index contributed by atoms with van der Waals surface area (Å²) < 4.78 is 0. The monoisotopic (exact) mass is 234 g/mol. The molecule has 1 aromatic rings. The van der Waals surface area contributed by atoms with Crippen molar-refractivity contribution in [3.63, 3.8) is 0 Å². The van der Waals surface area contributed by atoms with Gasteiger partial charge in [0.05, 0.1) is 0 Å². The number of carbonyl (C=O) groups is 3. The summed E-state index contributed by atoms with van der Waals surface area (Å²) in [6.45, 7) is 0. The van der Waals surface area contributed by atoms with Crippen LogP contribution < -0.4 is 0 Å². The van der Waals surface area contributed by atoms with E-state index in [4.69, 9.17) is 10.2 Å². The Morgan fingerprint density at radius 3 is 2.29 bits per heavy atom. The fourth-order valence-electron chi connectivity index (χ4n) is 2.13. The lowest BCUT2D eigenvalue weighted by Crippen LogP contribution is -2.49. The molecule has 5 nitrogen and oxygen atoms in total. The fraction of sp³-hybridized carbons (Fsp3) is 0.250. The van der Waals surface area contributed by atoms with Crippen LogP contribution in [0.25, 0.3) is 0 Å². The molecule has 0 spiro atoms. The number of hydrogen-bond acceptors (Lipinski definition) is 3. The Balaban J connectivity index is 2.60. The van der Waals surface area contributed by atoms with Crippen LogP contribution in [0.3, 0.4) is 0 Å². The van der Waals surface area contributed by atoms with Gasteiger partial charge in [0.1, 0.15) is 0 Å². The van der Waals surface area contributed by atoms with E-state index in [2.05, 4.69) is 0 Å². The first-order valence-corrected chi connectivity index (χ1v) is 5.09. The fourth-order valence-corrected chi connectivity index (χ4v) is 2.13. The van der Waals surface area contributed by atoms with Crippen LogP contribution in [0, 0.1) is 5.41 Å². The Labute approximate surface area is 96.7 Å². The number of carboxylic acids is 2. The predicted molar refractivity (Wildman–Crippen MR) is 56.8 cm³/mol. The van der Waals surface area contributed by atoms with Crippen molar-refractivity contribution in [2.24, 2.45) is 5.41 Å². The molecule has 88 valence electrons. The minimum atomic E-state index is -2.33. The number of aryl methyl sites for hydroxylation is 1. The number of carboxylic acid groups (broad SMARTS) is 2. The van der Waals surface area contributed by atoms with Crippen LogP contribution in [0.5, 0.6) is 0 Å². The molecule has 2 rings (SSSR count). The molecule has 0 bridgehead atoms. The highest BCUT2D eigenvalue weighted by molar-refractivity contribution is 6.25. The zero-order chi connectivity index (χ0) is 12.6. The molecule has 1 aliphatic rings. The molecule has 0 amide bonds. The summed E-state index contributed by atoms with van der Waals surface area (Å²) in [6.07, 6.45) is 0.0774. The summed E-state index contributed by atoms with van der Waals surface area (Å²) in [7, 11) is 0. The van der Waals surface area contributed by atoms with Gasteiger partial charge in [-0.15, -0.1) is 0 Å². The lowest BCUT2D eigenvalue weighted by molar-refractivity contribution is -0.161. The van der Waals surface area contributed by atoms with Gasteiger partial charge in [-0.25, -0.2) is 0 Å². The van der Waals surface area contributed by atoms with E-state index in [0.29, 0.717) is 5.56 Å². The predicted octanol–water partition coefficient (Wildman–Crippen LogP) is 0.971. The van der Waals surface area contributed by atoms with E-state index in [1.54, 1.807) is 18.2 Å². The van der Waals surface area contributed by atoms with E-state index in [1.807, 2.05) is 0 Å². The van der Waals surface area contributed by atoms with E-state index < -0.39 is 23.1 Å². The maximum atomic E-state index is 12.1. The molecule has 0 unspecified atom stereocenters. The molecule has 2 N–H and O–H groups in total. The van der Waals surface area contributed by atoms with E-state index >= 15 is 0 Å². The number of carbonyl (C=O) groups excluding carboxylic acids is 1. The van der Waals surface area contributed by atoms with Crippen molar-refractivity contribution >= 4 is 17.7 Å². The Bertz CT molecular complexity index is 503. The second-order valence-corrected chi connectivity index (χ2v) is 4.00.